The number of amides is 1. The van der Waals surface area contributed by atoms with Crippen LogP contribution in [0.25, 0.3) is 0 Å². The Morgan fingerprint density at radius 3 is 2.65 bits per heavy atom. The minimum absolute atomic E-state index is 0.0725. The van der Waals surface area contributed by atoms with Gasteiger partial charge in [-0.1, -0.05) is 41.9 Å². The lowest BCUT2D eigenvalue weighted by Crippen LogP contribution is -2.35. The monoisotopic (exact) mass is 315 g/mol. The molecule has 17 heavy (non-hydrogen) atoms. The number of rotatable bonds is 4. The van der Waals surface area contributed by atoms with Crippen LogP contribution < -0.4 is 0 Å². The molecule has 0 radical (unpaired) electrons. The summed E-state index contributed by atoms with van der Waals surface area (Å²) in [6.45, 7) is 4.62. The van der Waals surface area contributed by atoms with E-state index in [0.717, 1.165) is 10.0 Å². The number of hydrogen-bond donors (Lipinski definition) is 1. The fraction of sp³-hybridized carbons (Fsp3) is 0.462. The van der Waals surface area contributed by atoms with Crippen LogP contribution in [0.15, 0.2) is 28.7 Å². The van der Waals surface area contributed by atoms with Gasteiger partial charge in [-0.05, 0) is 23.6 Å². The van der Waals surface area contributed by atoms with Crippen LogP contribution in [0, 0.1) is 5.92 Å². The van der Waals surface area contributed by atoms with E-state index in [0.29, 0.717) is 6.54 Å². The SMILES string of the molecule is CC(C)C(S)C(=O)N(C)Cc1cccc(Br)c1. The molecule has 0 fully saturated rings. The van der Waals surface area contributed by atoms with Crippen LogP contribution >= 0.6 is 28.6 Å². The highest BCUT2D eigenvalue weighted by Gasteiger charge is 2.21. The largest absolute Gasteiger partial charge is 0.340 e. The second-order valence-electron chi connectivity index (χ2n) is 4.51. The fourth-order valence-corrected chi connectivity index (χ4v) is 2.14. The molecule has 0 saturated heterocycles. The minimum atomic E-state index is -0.229. The van der Waals surface area contributed by atoms with Crippen molar-refractivity contribution in [3.05, 3.63) is 34.3 Å². The zero-order valence-corrected chi connectivity index (χ0v) is 12.8. The van der Waals surface area contributed by atoms with Gasteiger partial charge in [0.25, 0.3) is 0 Å². The van der Waals surface area contributed by atoms with Crippen molar-refractivity contribution in [2.24, 2.45) is 5.92 Å². The summed E-state index contributed by atoms with van der Waals surface area (Å²) in [5.74, 6) is 0.319. The molecule has 0 aliphatic heterocycles. The molecule has 0 saturated carbocycles. The van der Waals surface area contributed by atoms with E-state index in [1.165, 1.54) is 0 Å². The first-order valence-electron chi connectivity index (χ1n) is 5.59. The lowest BCUT2D eigenvalue weighted by Gasteiger charge is -2.23. The lowest BCUT2D eigenvalue weighted by atomic mass is 10.1. The van der Waals surface area contributed by atoms with Gasteiger partial charge in [0.05, 0.1) is 5.25 Å². The van der Waals surface area contributed by atoms with Crippen molar-refractivity contribution < 1.29 is 4.79 Å². The van der Waals surface area contributed by atoms with E-state index in [9.17, 15) is 4.79 Å². The van der Waals surface area contributed by atoms with Crippen LogP contribution in [0.5, 0.6) is 0 Å². The van der Waals surface area contributed by atoms with Crippen LogP contribution in [-0.2, 0) is 11.3 Å². The molecule has 1 unspecified atom stereocenters. The van der Waals surface area contributed by atoms with E-state index < -0.39 is 0 Å². The topological polar surface area (TPSA) is 20.3 Å². The molecule has 1 aromatic carbocycles. The maximum Gasteiger partial charge on any atom is 0.235 e. The molecule has 1 aromatic rings. The summed E-state index contributed by atoms with van der Waals surface area (Å²) in [5.41, 5.74) is 1.11. The molecule has 2 nitrogen and oxygen atoms in total. The molecule has 0 aromatic heterocycles. The standard InChI is InChI=1S/C13H18BrNOS/c1-9(2)12(17)13(16)15(3)8-10-5-4-6-11(14)7-10/h4-7,9,12,17H,8H2,1-3H3. The molecule has 1 amide bonds. The van der Waals surface area contributed by atoms with E-state index in [1.54, 1.807) is 4.90 Å². The number of halogens is 1. The highest BCUT2D eigenvalue weighted by atomic mass is 79.9. The molecule has 1 atom stereocenters. The summed E-state index contributed by atoms with van der Waals surface area (Å²) in [7, 11) is 1.81. The van der Waals surface area contributed by atoms with E-state index >= 15 is 0 Å². The maximum atomic E-state index is 12.0. The highest BCUT2D eigenvalue weighted by molar-refractivity contribution is 9.10. The third-order valence-electron chi connectivity index (χ3n) is 2.57. The Hall–Kier alpha value is -0.480. The Morgan fingerprint density at radius 1 is 1.47 bits per heavy atom. The van der Waals surface area contributed by atoms with Crippen molar-refractivity contribution in [2.75, 3.05) is 7.05 Å². The summed E-state index contributed by atoms with van der Waals surface area (Å²) in [6, 6.07) is 7.98. The number of benzene rings is 1. The summed E-state index contributed by atoms with van der Waals surface area (Å²) < 4.78 is 1.03. The van der Waals surface area contributed by atoms with Crippen molar-refractivity contribution in [1.29, 1.82) is 0 Å². The van der Waals surface area contributed by atoms with Crippen LogP contribution in [0.4, 0.5) is 0 Å². The Bertz CT molecular complexity index is 395. The smallest absolute Gasteiger partial charge is 0.235 e. The molecule has 1 rings (SSSR count). The first-order valence-corrected chi connectivity index (χ1v) is 6.90. The molecule has 0 aliphatic carbocycles. The molecule has 94 valence electrons. The van der Waals surface area contributed by atoms with Gasteiger partial charge in [0.1, 0.15) is 0 Å². The van der Waals surface area contributed by atoms with Crippen molar-refractivity contribution in [3.63, 3.8) is 0 Å². The summed E-state index contributed by atoms with van der Waals surface area (Å²) >= 11 is 7.77. The quantitative estimate of drug-likeness (QED) is 0.845. The zero-order chi connectivity index (χ0) is 13.0. The van der Waals surface area contributed by atoms with Gasteiger partial charge in [-0.2, -0.15) is 12.6 Å². The molecule has 0 bridgehead atoms. The predicted molar refractivity (Wildman–Crippen MR) is 78.2 cm³/mol. The highest BCUT2D eigenvalue weighted by Crippen LogP contribution is 2.16. The van der Waals surface area contributed by atoms with Gasteiger partial charge in [0.2, 0.25) is 5.91 Å². The van der Waals surface area contributed by atoms with Crippen LogP contribution in [-0.4, -0.2) is 23.1 Å². The molecule has 0 spiro atoms. The van der Waals surface area contributed by atoms with E-state index in [-0.39, 0.29) is 17.1 Å². The van der Waals surface area contributed by atoms with E-state index in [1.807, 2.05) is 45.2 Å². The van der Waals surface area contributed by atoms with Crippen molar-refractivity contribution in [3.8, 4) is 0 Å². The van der Waals surface area contributed by atoms with Crippen molar-refractivity contribution in [2.45, 2.75) is 25.6 Å². The maximum absolute atomic E-state index is 12.0. The van der Waals surface area contributed by atoms with Crippen LogP contribution in [0.3, 0.4) is 0 Å². The number of carbonyl (C=O) groups is 1. The third-order valence-corrected chi connectivity index (χ3v) is 3.88. The van der Waals surface area contributed by atoms with Gasteiger partial charge in [-0.3, -0.25) is 4.79 Å². The average Bonchev–Trinajstić information content (AvgIpc) is 2.26. The summed E-state index contributed by atoms with van der Waals surface area (Å²) in [6.07, 6.45) is 0. The number of hydrogen-bond acceptors (Lipinski definition) is 2. The molecule has 0 heterocycles. The summed E-state index contributed by atoms with van der Waals surface area (Å²) in [5, 5.41) is -0.229. The number of nitrogens with zero attached hydrogens (tertiary/aromatic N) is 1. The number of carbonyl (C=O) groups excluding carboxylic acids is 1. The van der Waals surface area contributed by atoms with Crippen LogP contribution in [0.1, 0.15) is 19.4 Å². The molecular weight excluding hydrogens is 298 g/mol. The zero-order valence-electron chi connectivity index (χ0n) is 10.4. The Morgan fingerprint density at radius 2 is 2.12 bits per heavy atom. The Kier molecular flexibility index (Phi) is 5.53. The van der Waals surface area contributed by atoms with Gasteiger partial charge >= 0.3 is 0 Å². The van der Waals surface area contributed by atoms with Crippen LogP contribution in [0.2, 0.25) is 0 Å². The summed E-state index contributed by atoms with van der Waals surface area (Å²) in [4.78, 5) is 13.7. The van der Waals surface area contributed by atoms with Crippen molar-refractivity contribution in [1.82, 2.24) is 4.90 Å². The van der Waals surface area contributed by atoms with Gasteiger partial charge < -0.3 is 4.90 Å². The van der Waals surface area contributed by atoms with E-state index in [2.05, 4.69) is 28.6 Å². The number of thiol groups is 1. The third kappa shape index (κ3) is 4.36. The van der Waals surface area contributed by atoms with Gasteiger partial charge in [-0.25, -0.2) is 0 Å². The molecule has 0 aliphatic rings. The van der Waals surface area contributed by atoms with Gasteiger partial charge in [0, 0.05) is 18.1 Å². The Balaban J connectivity index is 2.66. The molecule has 0 N–H and O–H groups in total. The molecule has 4 heteroatoms. The van der Waals surface area contributed by atoms with Gasteiger partial charge in [-0.15, -0.1) is 0 Å². The predicted octanol–water partition coefficient (Wildman–Crippen LogP) is 3.36. The fourth-order valence-electron chi connectivity index (χ4n) is 1.50. The average molecular weight is 316 g/mol. The van der Waals surface area contributed by atoms with Crippen molar-refractivity contribution >= 4 is 34.5 Å². The second-order valence-corrected chi connectivity index (χ2v) is 5.99. The Labute approximate surface area is 117 Å². The van der Waals surface area contributed by atoms with E-state index in [4.69, 9.17) is 0 Å². The minimum Gasteiger partial charge on any atom is -0.340 e. The second kappa shape index (κ2) is 6.45. The van der Waals surface area contributed by atoms with Gasteiger partial charge in [0.15, 0.2) is 0 Å². The lowest BCUT2D eigenvalue weighted by molar-refractivity contribution is -0.130. The first-order chi connectivity index (χ1) is 7.91. The normalized spacial score (nSPS) is 12.6. The first kappa shape index (κ1) is 14.6. The molecular formula is C13H18BrNOS.